The normalized spacial score (nSPS) is 19.9. The third-order valence-corrected chi connectivity index (χ3v) is 11.9. The molecule has 0 aliphatic carbocycles. The van der Waals surface area contributed by atoms with E-state index < -0.39 is 71.2 Å². The SMILES string of the molecule is CCCCCCCCCCCCCCCCCC(=O)OCC(COC1OC(CS(=O)(=O)O)C(O)C(O)C1O)OC(=O)CCCCCCCCCCCCCCCCC.[Na+]. The maximum atomic E-state index is 12.8. The van der Waals surface area contributed by atoms with Crippen LogP contribution in [0.5, 0.6) is 0 Å². The van der Waals surface area contributed by atoms with E-state index in [0.717, 1.165) is 38.5 Å². The molecule has 4 N–H and O–H groups in total. The zero-order valence-electron chi connectivity index (χ0n) is 37.7. The number of ether oxygens (including phenoxy) is 4. The number of hydrogen-bond donors (Lipinski definition) is 4. The average Bonchev–Trinajstić information content (AvgIpc) is 3.18. The second-order valence-electron chi connectivity index (χ2n) is 16.8. The molecular weight excluding hydrogens is 788 g/mol. The third-order valence-electron chi connectivity index (χ3n) is 11.2. The van der Waals surface area contributed by atoms with Crippen LogP contribution in [0.4, 0.5) is 0 Å². The molecule has 14 heteroatoms. The second-order valence-corrected chi connectivity index (χ2v) is 18.3. The molecule has 1 aliphatic rings. The molecule has 0 aromatic carbocycles. The standard InChI is InChI=1S/C45H86O12S.Na/c1-3-5-7-9-11-13-15-17-19-21-23-25-27-29-31-33-40(46)54-35-38(36-55-45-44(50)43(49)42(48)39(57-45)37-58(51,52)53)56-41(47)34-32-30-28-26-24-22-20-18-16-14-12-10-8-6-4-2;/h38-39,42-45,48-50H,3-37H2,1-2H3,(H,51,52,53);/q;+1. The summed E-state index contributed by atoms with van der Waals surface area (Å²) in [6.45, 7) is 3.79. The van der Waals surface area contributed by atoms with Crippen molar-refractivity contribution in [1.29, 1.82) is 0 Å². The van der Waals surface area contributed by atoms with Crippen LogP contribution in [-0.4, -0.2) is 96.0 Å². The Morgan fingerprint density at radius 2 is 0.881 bits per heavy atom. The van der Waals surface area contributed by atoms with Crippen LogP contribution in [0, 0.1) is 0 Å². The fraction of sp³-hybridized carbons (Fsp3) is 0.956. The van der Waals surface area contributed by atoms with Crippen LogP contribution in [0.2, 0.25) is 0 Å². The molecular formula is C45H86NaO12S+. The van der Waals surface area contributed by atoms with E-state index in [1.807, 2.05) is 0 Å². The van der Waals surface area contributed by atoms with E-state index in [1.165, 1.54) is 141 Å². The maximum absolute atomic E-state index is 12.8. The molecule has 0 saturated carbocycles. The molecule has 6 unspecified atom stereocenters. The molecule has 1 fully saturated rings. The predicted molar refractivity (Wildman–Crippen MR) is 229 cm³/mol. The summed E-state index contributed by atoms with van der Waals surface area (Å²) < 4.78 is 54.1. The Morgan fingerprint density at radius 3 is 1.25 bits per heavy atom. The molecule has 0 bridgehead atoms. The molecule has 0 radical (unpaired) electrons. The minimum Gasteiger partial charge on any atom is -0.462 e. The van der Waals surface area contributed by atoms with Crippen molar-refractivity contribution < 1.29 is 86.4 Å². The van der Waals surface area contributed by atoms with E-state index in [0.29, 0.717) is 12.8 Å². The molecule has 59 heavy (non-hydrogen) atoms. The van der Waals surface area contributed by atoms with Crippen molar-refractivity contribution in [3.63, 3.8) is 0 Å². The first-order valence-electron chi connectivity index (χ1n) is 23.6. The molecule has 0 amide bonds. The number of carbonyl (C=O) groups excluding carboxylic acids is 2. The summed E-state index contributed by atoms with van der Waals surface area (Å²) in [7, 11) is -4.60. The monoisotopic (exact) mass is 874 g/mol. The van der Waals surface area contributed by atoms with Crippen LogP contribution >= 0.6 is 0 Å². The molecule has 0 spiro atoms. The summed E-state index contributed by atoms with van der Waals surface area (Å²) in [5.74, 6) is -1.96. The van der Waals surface area contributed by atoms with Gasteiger partial charge in [-0.05, 0) is 12.8 Å². The summed E-state index contributed by atoms with van der Waals surface area (Å²) in [6, 6.07) is 0. The van der Waals surface area contributed by atoms with Crippen molar-refractivity contribution in [3.8, 4) is 0 Å². The summed E-state index contributed by atoms with van der Waals surface area (Å²) >= 11 is 0. The zero-order chi connectivity index (χ0) is 42.7. The van der Waals surface area contributed by atoms with Crippen LogP contribution in [-0.2, 0) is 38.7 Å². The van der Waals surface area contributed by atoms with E-state index >= 15 is 0 Å². The van der Waals surface area contributed by atoms with Gasteiger partial charge in [-0.2, -0.15) is 8.42 Å². The Hall–Kier alpha value is -0.350. The molecule has 6 atom stereocenters. The molecule has 0 aromatic heterocycles. The van der Waals surface area contributed by atoms with Crippen LogP contribution in [0.3, 0.4) is 0 Å². The quantitative estimate of drug-likeness (QED) is 0.0222. The Labute approximate surface area is 381 Å². The second kappa shape index (κ2) is 39.3. The number of unbranched alkanes of at least 4 members (excludes halogenated alkanes) is 28. The van der Waals surface area contributed by atoms with Gasteiger partial charge >= 0.3 is 41.5 Å². The molecule has 0 aromatic rings. The van der Waals surface area contributed by atoms with Crippen LogP contribution in [0.15, 0.2) is 0 Å². The van der Waals surface area contributed by atoms with E-state index in [9.17, 15) is 37.9 Å². The van der Waals surface area contributed by atoms with Gasteiger partial charge in [0, 0.05) is 12.8 Å². The van der Waals surface area contributed by atoms with Crippen molar-refractivity contribution >= 4 is 22.1 Å². The van der Waals surface area contributed by atoms with Gasteiger partial charge in [0.15, 0.2) is 12.4 Å². The van der Waals surface area contributed by atoms with Crippen LogP contribution in [0.25, 0.3) is 0 Å². The number of hydrogen-bond acceptors (Lipinski definition) is 11. The predicted octanol–water partition coefficient (Wildman–Crippen LogP) is 6.68. The summed E-state index contributed by atoms with van der Waals surface area (Å²) in [6.07, 6.45) is 27.1. The van der Waals surface area contributed by atoms with E-state index in [4.69, 9.17) is 18.9 Å². The smallest absolute Gasteiger partial charge is 0.462 e. The van der Waals surface area contributed by atoms with Crippen molar-refractivity contribution in [2.24, 2.45) is 0 Å². The van der Waals surface area contributed by atoms with E-state index in [2.05, 4.69) is 13.8 Å². The number of esters is 2. The number of rotatable bonds is 40. The number of aliphatic hydroxyl groups is 3. The molecule has 1 saturated heterocycles. The number of carbonyl (C=O) groups is 2. The molecule has 12 nitrogen and oxygen atoms in total. The van der Waals surface area contributed by atoms with Crippen molar-refractivity contribution in [3.05, 3.63) is 0 Å². The van der Waals surface area contributed by atoms with Gasteiger partial charge < -0.3 is 34.3 Å². The Balaban J connectivity index is 0.0000336. The fourth-order valence-electron chi connectivity index (χ4n) is 7.50. The van der Waals surface area contributed by atoms with Crippen molar-refractivity contribution in [1.82, 2.24) is 0 Å². The van der Waals surface area contributed by atoms with E-state index in [-0.39, 0.29) is 49.0 Å². The Kier molecular flexibility index (Phi) is 39.0. The zero-order valence-corrected chi connectivity index (χ0v) is 40.5. The van der Waals surface area contributed by atoms with Gasteiger partial charge in [-0.15, -0.1) is 0 Å². The van der Waals surface area contributed by atoms with E-state index in [1.54, 1.807) is 0 Å². The van der Waals surface area contributed by atoms with Crippen LogP contribution < -0.4 is 29.6 Å². The van der Waals surface area contributed by atoms with Gasteiger partial charge in [0.1, 0.15) is 36.8 Å². The van der Waals surface area contributed by atoms with Crippen LogP contribution in [0.1, 0.15) is 219 Å². The Morgan fingerprint density at radius 1 is 0.525 bits per heavy atom. The summed E-state index contributed by atoms with van der Waals surface area (Å²) in [5.41, 5.74) is 0. The third kappa shape index (κ3) is 33.8. The van der Waals surface area contributed by atoms with Crippen molar-refractivity contribution in [2.45, 2.75) is 256 Å². The molecule has 1 heterocycles. The fourth-order valence-corrected chi connectivity index (χ4v) is 8.19. The molecule has 344 valence electrons. The first-order valence-corrected chi connectivity index (χ1v) is 25.2. The maximum Gasteiger partial charge on any atom is 1.00 e. The minimum absolute atomic E-state index is 0. The van der Waals surface area contributed by atoms with Gasteiger partial charge in [-0.25, -0.2) is 0 Å². The summed E-state index contributed by atoms with van der Waals surface area (Å²) in [5, 5.41) is 30.9. The van der Waals surface area contributed by atoms with Gasteiger partial charge in [0.05, 0.1) is 6.61 Å². The largest absolute Gasteiger partial charge is 1.00 e. The first-order chi connectivity index (χ1) is 28.0. The van der Waals surface area contributed by atoms with Gasteiger partial charge in [-0.3, -0.25) is 14.1 Å². The summed E-state index contributed by atoms with van der Waals surface area (Å²) in [4.78, 5) is 25.4. The minimum atomic E-state index is -4.60. The van der Waals surface area contributed by atoms with Gasteiger partial charge in [-0.1, -0.05) is 194 Å². The Bertz CT molecular complexity index is 1100. The first kappa shape index (κ1) is 58.6. The average molecular weight is 874 g/mol. The molecule has 1 aliphatic heterocycles. The van der Waals surface area contributed by atoms with Gasteiger partial charge in [0.25, 0.3) is 10.1 Å². The molecule has 1 rings (SSSR count). The number of aliphatic hydroxyl groups excluding tert-OH is 3. The van der Waals surface area contributed by atoms with Crippen molar-refractivity contribution in [2.75, 3.05) is 19.0 Å². The topological polar surface area (TPSA) is 186 Å². The van der Waals surface area contributed by atoms with Gasteiger partial charge in [0.2, 0.25) is 0 Å².